The first kappa shape index (κ1) is 17.8. The number of hydrogen-bond acceptors (Lipinski definition) is 5. The summed E-state index contributed by atoms with van der Waals surface area (Å²) in [4.78, 5) is 18.8. The second-order valence-electron chi connectivity index (χ2n) is 6.20. The van der Waals surface area contributed by atoms with Crippen LogP contribution in [0.3, 0.4) is 0 Å². The third-order valence-electron chi connectivity index (χ3n) is 4.51. The molecule has 0 spiro atoms. The predicted octanol–water partition coefficient (Wildman–Crippen LogP) is 1.34. The number of nitrogens with zero attached hydrogens (tertiary/aromatic N) is 2. The van der Waals surface area contributed by atoms with Gasteiger partial charge in [-0.25, -0.2) is 0 Å². The van der Waals surface area contributed by atoms with Gasteiger partial charge in [-0.3, -0.25) is 20.6 Å². The number of carbonyl (C=O) groups is 1. The minimum Gasteiger partial charge on any atom is -0.383 e. The molecule has 1 amide bonds. The average molecular weight is 320 g/mol. The van der Waals surface area contributed by atoms with Gasteiger partial charge in [0, 0.05) is 38.4 Å². The number of hydrazine groups is 1. The molecule has 6 nitrogen and oxygen atoms in total. The highest BCUT2D eigenvalue weighted by Crippen LogP contribution is 2.20. The topological polar surface area (TPSA) is 66.5 Å². The highest BCUT2D eigenvalue weighted by molar-refractivity contribution is 5.76. The lowest BCUT2D eigenvalue weighted by Crippen LogP contribution is -2.34. The molecule has 1 saturated heterocycles. The largest absolute Gasteiger partial charge is 0.383 e. The van der Waals surface area contributed by atoms with Crippen molar-refractivity contribution >= 4 is 5.91 Å². The summed E-state index contributed by atoms with van der Waals surface area (Å²) in [5, 5.41) is 0. The number of methoxy groups -OCH3 is 1. The summed E-state index contributed by atoms with van der Waals surface area (Å²) in [6, 6.07) is 6.55. The van der Waals surface area contributed by atoms with Crippen molar-refractivity contribution in [2.45, 2.75) is 45.3 Å². The van der Waals surface area contributed by atoms with E-state index in [1.54, 1.807) is 13.3 Å². The van der Waals surface area contributed by atoms with Gasteiger partial charge in [-0.05, 0) is 38.3 Å². The molecule has 2 N–H and O–H groups in total. The zero-order chi connectivity index (χ0) is 16.7. The maximum Gasteiger partial charge on any atom is 0.223 e. The predicted molar refractivity (Wildman–Crippen MR) is 89.4 cm³/mol. The van der Waals surface area contributed by atoms with Crippen LogP contribution in [0.2, 0.25) is 0 Å². The third kappa shape index (κ3) is 5.27. The zero-order valence-electron chi connectivity index (χ0n) is 14.3. The standard InChI is InChI=1S/C17H28N4O2/c1-13-16(14(2)20-19-13)7-8-17(22)21(10-11-23-3)12-15-6-4-5-9-18-15/h4-6,9,13-14,16,19-20H,7-8,10-12H2,1-3H3. The van der Waals surface area contributed by atoms with Crippen molar-refractivity contribution in [2.75, 3.05) is 20.3 Å². The molecule has 2 rings (SSSR count). The minimum atomic E-state index is 0.166. The molecule has 0 radical (unpaired) electrons. The Morgan fingerprint density at radius 3 is 2.65 bits per heavy atom. The quantitative estimate of drug-likeness (QED) is 0.757. The number of rotatable bonds is 8. The number of pyridine rings is 1. The minimum absolute atomic E-state index is 0.166. The molecule has 1 aromatic rings. The summed E-state index contributed by atoms with van der Waals surface area (Å²) in [7, 11) is 1.66. The maximum absolute atomic E-state index is 12.6. The molecule has 128 valence electrons. The zero-order valence-corrected chi connectivity index (χ0v) is 14.3. The summed E-state index contributed by atoms with van der Waals surface area (Å²) in [6.45, 7) is 5.98. The molecule has 0 aliphatic carbocycles. The molecule has 6 heteroatoms. The van der Waals surface area contributed by atoms with Gasteiger partial charge in [0.1, 0.15) is 0 Å². The van der Waals surface area contributed by atoms with E-state index >= 15 is 0 Å². The molecular formula is C17H28N4O2. The van der Waals surface area contributed by atoms with E-state index in [4.69, 9.17) is 4.74 Å². The molecule has 2 atom stereocenters. The van der Waals surface area contributed by atoms with Crippen LogP contribution in [0.15, 0.2) is 24.4 Å². The highest BCUT2D eigenvalue weighted by Gasteiger charge is 2.30. The summed E-state index contributed by atoms with van der Waals surface area (Å²) in [6.07, 6.45) is 3.19. The van der Waals surface area contributed by atoms with E-state index < -0.39 is 0 Å². The van der Waals surface area contributed by atoms with E-state index in [2.05, 4.69) is 29.7 Å². The number of carbonyl (C=O) groups excluding carboxylic acids is 1. The van der Waals surface area contributed by atoms with Gasteiger partial charge in [0.2, 0.25) is 5.91 Å². The van der Waals surface area contributed by atoms with Crippen molar-refractivity contribution in [1.82, 2.24) is 20.7 Å². The van der Waals surface area contributed by atoms with Crippen LogP contribution < -0.4 is 10.9 Å². The first-order valence-electron chi connectivity index (χ1n) is 8.29. The van der Waals surface area contributed by atoms with Crippen LogP contribution in [-0.2, 0) is 16.1 Å². The molecular weight excluding hydrogens is 292 g/mol. The van der Waals surface area contributed by atoms with E-state index in [1.807, 2.05) is 23.1 Å². The normalized spacial score (nSPS) is 23.9. The Bertz CT molecular complexity index is 473. The van der Waals surface area contributed by atoms with E-state index in [0.717, 1.165) is 12.1 Å². The van der Waals surface area contributed by atoms with Gasteiger partial charge in [0.15, 0.2) is 0 Å². The molecule has 23 heavy (non-hydrogen) atoms. The molecule has 2 heterocycles. The van der Waals surface area contributed by atoms with Gasteiger partial charge in [-0.15, -0.1) is 0 Å². The number of aromatic nitrogens is 1. The molecule has 1 aliphatic heterocycles. The Balaban J connectivity index is 1.90. The molecule has 1 fully saturated rings. The molecule has 0 bridgehead atoms. The number of amides is 1. The van der Waals surface area contributed by atoms with Crippen molar-refractivity contribution in [1.29, 1.82) is 0 Å². The summed E-state index contributed by atoms with van der Waals surface area (Å²) < 4.78 is 5.14. The second-order valence-corrected chi connectivity index (χ2v) is 6.20. The van der Waals surface area contributed by atoms with Crippen molar-refractivity contribution in [3.63, 3.8) is 0 Å². The van der Waals surface area contributed by atoms with Gasteiger partial charge in [-0.2, -0.15) is 0 Å². The SMILES string of the molecule is COCCN(Cc1ccccn1)C(=O)CCC1C(C)NNC1C. The third-order valence-corrected chi connectivity index (χ3v) is 4.51. The Kier molecular flexibility index (Phi) is 6.95. The Hall–Kier alpha value is -1.50. The van der Waals surface area contributed by atoms with Gasteiger partial charge < -0.3 is 9.64 Å². The van der Waals surface area contributed by atoms with E-state index in [1.165, 1.54) is 0 Å². The second kappa shape index (κ2) is 8.96. The maximum atomic E-state index is 12.6. The van der Waals surface area contributed by atoms with Crippen molar-refractivity contribution < 1.29 is 9.53 Å². The molecule has 0 aromatic carbocycles. The monoisotopic (exact) mass is 320 g/mol. The van der Waals surface area contributed by atoms with Crippen LogP contribution in [0.4, 0.5) is 0 Å². The molecule has 1 aromatic heterocycles. The fraction of sp³-hybridized carbons (Fsp3) is 0.647. The summed E-state index contributed by atoms with van der Waals surface area (Å²) >= 11 is 0. The lowest BCUT2D eigenvalue weighted by molar-refractivity contribution is -0.132. The van der Waals surface area contributed by atoms with Crippen LogP contribution in [-0.4, -0.2) is 48.1 Å². The Labute approximate surface area is 138 Å². The Morgan fingerprint density at radius 1 is 1.30 bits per heavy atom. The van der Waals surface area contributed by atoms with Crippen LogP contribution >= 0.6 is 0 Å². The van der Waals surface area contributed by atoms with Crippen LogP contribution in [0.25, 0.3) is 0 Å². The Morgan fingerprint density at radius 2 is 2.04 bits per heavy atom. The molecule has 2 unspecified atom stereocenters. The van der Waals surface area contributed by atoms with Gasteiger partial charge in [-0.1, -0.05) is 6.07 Å². The summed E-state index contributed by atoms with van der Waals surface area (Å²) in [5.74, 6) is 0.636. The van der Waals surface area contributed by atoms with Gasteiger partial charge in [0.05, 0.1) is 18.8 Å². The summed E-state index contributed by atoms with van der Waals surface area (Å²) in [5.41, 5.74) is 7.39. The first-order chi connectivity index (χ1) is 11.1. The molecule has 0 saturated carbocycles. The van der Waals surface area contributed by atoms with E-state index in [0.29, 0.717) is 44.1 Å². The fourth-order valence-electron chi connectivity index (χ4n) is 3.04. The number of hydrogen-bond donors (Lipinski definition) is 2. The van der Waals surface area contributed by atoms with Crippen molar-refractivity contribution in [3.05, 3.63) is 30.1 Å². The molecule has 1 aliphatic rings. The van der Waals surface area contributed by atoms with Crippen LogP contribution in [0.1, 0.15) is 32.4 Å². The van der Waals surface area contributed by atoms with Crippen LogP contribution in [0, 0.1) is 5.92 Å². The highest BCUT2D eigenvalue weighted by atomic mass is 16.5. The van der Waals surface area contributed by atoms with Gasteiger partial charge >= 0.3 is 0 Å². The van der Waals surface area contributed by atoms with Crippen molar-refractivity contribution in [2.24, 2.45) is 5.92 Å². The first-order valence-corrected chi connectivity index (χ1v) is 8.29. The fourth-order valence-corrected chi connectivity index (χ4v) is 3.04. The average Bonchev–Trinajstić information content (AvgIpc) is 2.88. The number of ether oxygens (including phenoxy) is 1. The number of nitrogens with one attached hydrogen (secondary N) is 2. The van der Waals surface area contributed by atoms with E-state index in [9.17, 15) is 4.79 Å². The van der Waals surface area contributed by atoms with Gasteiger partial charge in [0.25, 0.3) is 0 Å². The van der Waals surface area contributed by atoms with E-state index in [-0.39, 0.29) is 5.91 Å². The van der Waals surface area contributed by atoms with Crippen molar-refractivity contribution in [3.8, 4) is 0 Å². The lowest BCUT2D eigenvalue weighted by atomic mass is 9.91. The smallest absolute Gasteiger partial charge is 0.223 e. The lowest BCUT2D eigenvalue weighted by Gasteiger charge is -2.24. The van der Waals surface area contributed by atoms with Crippen LogP contribution in [0.5, 0.6) is 0 Å².